The summed E-state index contributed by atoms with van der Waals surface area (Å²) in [5.41, 5.74) is 4.53. The zero-order valence-electron chi connectivity index (χ0n) is 8.23. The van der Waals surface area contributed by atoms with Crippen molar-refractivity contribution in [3.05, 3.63) is 21.8 Å². The van der Waals surface area contributed by atoms with Crippen LogP contribution >= 0.6 is 11.6 Å². The number of primary amides is 1. The Morgan fingerprint density at radius 2 is 2.33 bits per heavy atom. The lowest BCUT2D eigenvalue weighted by molar-refractivity contribution is -0.120. The summed E-state index contributed by atoms with van der Waals surface area (Å²) in [6.07, 6.45) is 1.16. The van der Waals surface area contributed by atoms with Gasteiger partial charge in [0.2, 0.25) is 11.7 Å². The molecular weight excluding hydrogens is 222 g/mol. The van der Waals surface area contributed by atoms with Crippen LogP contribution in [-0.4, -0.2) is 22.6 Å². The molecule has 2 N–H and O–H groups in total. The third kappa shape index (κ3) is 2.10. The van der Waals surface area contributed by atoms with E-state index in [-0.39, 0.29) is 10.9 Å². The molecule has 0 fully saturated rings. The van der Waals surface area contributed by atoms with Crippen LogP contribution in [0.3, 0.4) is 0 Å². The van der Waals surface area contributed by atoms with E-state index >= 15 is 0 Å². The third-order valence-corrected chi connectivity index (χ3v) is 2.21. The minimum Gasteiger partial charge on any atom is -0.489 e. The largest absolute Gasteiger partial charge is 0.489 e. The number of methoxy groups -OCH3 is 1. The van der Waals surface area contributed by atoms with Crippen LogP contribution in [0.15, 0.2) is 11.1 Å². The lowest BCUT2D eigenvalue weighted by atomic mass is 10.3. The number of rotatable bonds is 3. The van der Waals surface area contributed by atoms with Gasteiger partial charge in [-0.15, -0.1) is 0 Å². The minimum absolute atomic E-state index is 0.0459. The van der Waals surface area contributed by atoms with Crippen molar-refractivity contribution in [2.75, 3.05) is 7.11 Å². The number of hydrogen-bond donors (Lipinski definition) is 1. The fraction of sp³-hybridized carbons (Fsp3) is 0.375. The van der Waals surface area contributed by atoms with Crippen molar-refractivity contribution >= 4 is 17.5 Å². The molecule has 0 saturated heterocycles. The van der Waals surface area contributed by atoms with E-state index in [0.717, 1.165) is 10.9 Å². The minimum atomic E-state index is -0.795. The highest BCUT2D eigenvalue weighted by molar-refractivity contribution is 6.30. The molecule has 82 valence electrons. The van der Waals surface area contributed by atoms with Crippen molar-refractivity contribution in [1.29, 1.82) is 0 Å². The second-order valence-corrected chi connectivity index (χ2v) is 3.22. The second kappa shape index (κ2) is 4.31. The molecule has 1 heterocycles. The number of nitrogens with two attached hydrogens (primary N) is 1. The molecule has 0 saturated carbocycles. The van der Waals surface area contributed by atoms with Gasteiger partial charge in [-0.05, 0) is 6.92 Å². The molecule has 0 aliphatic heterocycles. The van der Waals surface area contributed by atoms with Crippen LogP contribution in [0.4, 0.5) is 0 Å². The first-order chi connectivity index (χ1) is 6.99. The molecule has 0 aliphatic rings. The predicted molar refractivity (Wildman–Crippen MR) is 54.0 cm³/mol. The molecular formula is C8H10ClN3O3. The highest BCUT2D eigenvalue weighted by Gasteiger charge is 2.17. The number of nitrogens with zero attached hydrogens (tertiary/aromatic N) is 2. The zero-order valence-corrected chi connectivity index (χ0v) is 8.99. The molecule has 1 atom stereocenters. The van der Waals surface area contributed by atoms with Crippen molar-refractivity contribution in [3.63, 3.8) is 0 Å². The number of ether oxygens (including phenoxy) is 1. The van der Waals surface area contributed by atoms with Gasteiger partial charge in [-0.25, -0.2) is 4.98 Å². The Bertz CT molecular complexity index is 443. The lowest BCUT2D eigenvalue weighted by Gasteiger charge is -2.12. The topological polar surface area (TPSA) is 87.2 Å². The molecule has 15 heavy (non-hydrogen) atoms. The van der Waals surface area contributed by atoms with Gasteiger partial charge >= 0.3 is 0 Å². The average molecular weight is 232 g/mol. The second-order valence-electron chi connectivity index (χ2n) is 2.86. The van der Waals surface area contributed by atoms with E-state index in [4.69, 9.17) is 22.1 Å². The van der Waals surface area contributed by atoms with E-state index in [1.54, 1.807) is 0 Å². The van der Waals surface area contributed by atoms with Gasteiger partial charge < -0.3 is 10.5 Å². The monoisotopic (exact) mass is 231 g/mol. The molecule has 1 rings (SSSR count). The van der Waals surface area contributed by atoms with Crippen LogP contribution in [0.5, 0.6) is 5.75 Å². The highest BCUT2D eigenvalue weighted by Crippen LogP contribution is 2.16. The maximum atomic E-state index is 11.7. The Kier molecular flexibility index (Phi) is 3.31. The Hall–Kier alpha value is -1.56. The van der Waals surface area contributed by atoms with Gasteiger partial charge in [0.25, 0.3) is 5.56 Å². The Morgan fingerprint density at radius 3 is 2.80 bits per heavy atom. The number of amides is 1. The molecule has 1 unspecified atom stereocenters. The zero-order chi connectivity index (χ0) is 11.6. The molecule has 1 amide bonds. The number of halogens is 1. The summed E-state index contributed by atoms with van der Waals surface area (Å²) in [7, 11) is 1.30. The summed E-state index contributed by atoms with van der Waals surface area (Å²) in [6, 6.07) is -0.795. The van der Waals surface area contributed by atoms with Crippen LogP contribution in [0.1, 0.15) is 13.0 Å². The Morgan fingerprint density at radius 1 is 1.73 bits per heavy atom. The predicted octanol–water partition coefficient (Wildman–Crippen LogP) is -0.0484. The Labute approximate surface area is 90.6 Å². The van der Waals surface area contributed by atoms with Gasteiger partial charge in [0, 0.05) is 0 Å². The van der Waals surface area contributed by atoms with Crippen molar-refractivity contribution in [2.45, 2.75) is 13.0 Å². The molecule has 6 nitrogen and oxygen atoms in total. The summed E-state index contributed by atoms with van der Waals surface area (Å²) in [6.45, 7) is 1.48. The Balaban J connectivity index is 3.34. The first-order valence-corrected chi connectivity index (χ1v) is 4.46. The molecule has 0 bridgehead atoms. The van der Waals surface area contributed by atoms with E-state index in [1.807, 2.05) is 0 Å². The van der Waals surface area contributed by atoms with Gasteiger partial charge in [0.1, 0.15) is 12.4 Å². The van der Waals surface area contributed by atoms with Crippen LogP contribution in [0.2, 0.25) is 5.15 Å². The summed E-state index contributed by atoms with van der Waals surface area (Å²) in [5.74, 6) is -0.740. The number of hydrogen-bond acceptors (Lipinski definition) is 4. The van der Waals surface area contributed by atoms with E-state index in [2.05, 4.69) is 4.98 Å². The van der Waals surface area contributed by atoms with Crippen molar-refractivity contribution in [3.8, 4) is 5.75 Å². The maximum absolute atomic E-state index is 11.7. The van der Waals surface area contributed by atoms with Gasteiger partial charge in [-0.3, -0.25) is 14.2 Å². The molecule has 1 aromatic rings. The fourth-order valence-electron chi connectivity index (χ4n) is 1.01. The smallest absolute Gasteiger partial charge is 0.298 e. The van der Waals surface area contributed by atoms with E-state index < -0.39 is 17.5 Å². The molecule has 0 spiro atoms. The van der Waals surface area contributed by atoms with Crippen molar-refractivity contribution < 1.29 is 9.53 Å². The third-order valence-electron chi connectivity index (χ3n) is 1.94. The molecule has 0 radical (unpaired) electrons. The van der Waals surface area contributed by atoms with Crippen molar-refractivity contribution in [2.24, 2.45) is 5.73 Å². The summed E-state index contributed by atoms with van der Waals surface area (Å²) in [4.78, 5) is 26.3. The average Bonchev–Trinajstić information content (AvgIpc) is 2.17. The number of aromatic nitrogens is 2. The van der Waals surface area contributed by atoms with Gasteiger partial charge in [0.15, 0.2) is 5.15 Å². The van der Waals surface area contributed by atoms with Crippen LogP contribution < -0.4 is 16.0 Å². The highest BCUT2D eigenvalue weighted by atomic mass is 35.5. The molecule has 7 heteroatoms. The van der Waals surface area contributed by atoms with Crippen molar-refractivity contribution in [1.82, 2.24) is 9.55 Å². The first-order valence-electron chi connectivity index (χ1n) is 4.09. The standard InChI is InChI=1S/C8H10ClN3O3/c1-4(7(10)13)12-3-11-6(9)5(15-2)8(12)14/h3-4H,1-2H3,(H2,10,13). The summed E-state index contributed by atoms with van der Waals surface area (Å²) in [5, 5.41) is -0.0459. The fourth-order valence-corrected chi connectivity index (χ4v) is 1.22. The first kappa shape index (κ1) is 11.5. The SMILES string of the molecule is COc1c(Cl)ncn(C(C)C(N)=O)c1=O. The quantitative estimate of drug-likeness (QED) is 0.739. The number of carbonyl (C=O) groups excluding carboxylic acids is 1. The van der Waals surface area contributed by atoms with E-state index in [0.29, 0.717) is 0 Å². The van der Waals surface area contributed by atoms with Crippen LogP contribution in [0.25, 0.3) is 0 Å². The normalized spacial score (nSPS) is 12.2. The lowest BCUT2D eigenvalue weighted by Crippen LogP contribution is -2.32. The molecule has 0 aromatic carbocycles. The van der Waals surface area contributed by atoms with E-state index in [9.17, 15) is 9.59 Å². The van der Waals surface area contributed by atoms with E-state index in [1.165, 1.54) is 14.0 Å². The van der Waals surface area contributed by atoms with Gasteiger partial charge in [-0.2, -0.15) is 0 Å². The van der Waals surface area contributed by atoms with Gasteiger partial charge in [-0.1, -0.05) is 11.6 Å². The van der Waals surface area contributed by atoms with Gasteiger partial charge in [0.05, 0.1) is 7.11 Å². The number of carbonyl (C=O) groups is 1. The van der Waals surface area contributed by atoms with Crippen LogP contribution in [-0.2, 0) is 4.79 Å². The molecule has 1 aromatic heterocycles. The molecule has 0 aliphatic carbocycles. The maximum Gasteiger partial charge on any atom is 0.298 e. The summed E-state index contributed by atoms with van der Waals surface area (Å²) < 4.78 is 5.83. The van der Waals surface area contributed by atoms with Crippen LogP contribution in [0, 0.1) is 0 Å². The summed E-state index contributed by atoms with van der Waals surface area (Å²) >= 11 is 5.62.